The van der Waals surface area contributed by atoms with E-state index in [4.69, 9.17) is 15.2 Å². The number of nitrogens with two attached hydrogens (primary N) is 1. The van der Waals surface area contributed by atoms with Crippen LogP contribution in [0.5, 0.6) is 5.75 Å². The lowest BCUT2D eigenvalue weighted by molar-refractivity contribution is -0.138. The van der Waals surface area contributed by atoms with Crippen LogP contribution in [0.2, 0.25) is 0 Å². The molecular weight excluding hydrogens is 316 g/mol. The zero-order valence-electron chi connectivity index (χ0n) is 15.6. The first-order valence-corrected chi connectivity index (χ1v) is 9.14. The second kappa shape index (κ2) is 6.96. The number of carbonyl (C=O) groups is 1. The lowest BCUT2D eigenvalue weighted by Crippen LogP contribution is -2.54. The molecule has 2 aliphatic heterocycles. The van der Waals surface area contributed by atoms with E-state index in [1.54, 1.807) is 21.0 Å². The zero-order chi connectivity index (χ0) is 18.1. The van der Waals surface area contributed by atoms with Gasteiger partial charge in [0.2, 0.25) is 5.91 Å². The predicted molar refractivity (Wildman–Crippen MR) is 97.6 cm³/mol. The number of ether oxygens (including phenoxy) is 2. The summed E-state index contributed by atoms with van der Waals surface area (Å²) in [6, 6.07) is 8.20. The summed E-state index contributed by atoms with van der Waals surface area (Å²) in [7, 11) is 1.69. The Kier molecular flexibility index (Phi) is 5.07. The Morgan fingerprint density at radius 3 is 2.76 bits per heavy atom. The van der Waals surface area contributed by atoms with Crippen LogP contribution in [-0.2, 0) is 16.0 Å². The molecule has 2 fully saturated rings. The van der Waals surface area contributed by atoms with Crippen molar-refractivity contribution in [2.75, 3.05) is 26.8 Å². The summed E-state index contributed by atoms with van der Waals surface area (Å²) in [6.07, 6.45) is 4.24. The van der Waals surface area contributed by atoms with E-state index in [1.807, 2.05) is 17.0 Å². The van der Waals surface area contributed by atoms with E-state index in [-0.39, 0.29) is 17.4 Å². The molecule has 2 heterocycles. The van der Waals surface area contributed by atoms with Crippen LogP contribution in [0.25, 0.3) is 0 Å². The highest BCUT2D eigenvalue weighted by molar-refractivity contribution is 5.85. The van der Waals surface area contributed by atoms with Crippen molar-refractivity contribution in [3.05, 3.63) is 29.8 Å². The molecule has 1 aromatic rings. The number of hydrogen-bond acceptors (Lipinski definition) is 4. The maximum Gasteiger partial charge on any atom is 0.242 e. The van der Waals surface area contributed by atoms with E-state index in [0.29, 0.717) is 0 Å². The predicted octanol–water partition coefficient (Wildman–Crippen LogP) is 2.37. The van der Waals surface area contributed by atoms with E-state index in [1.165, 1.54) is 5.56 Å². The number of likely N-dealkylation sites (tertiary alicyclic amines) is 1. The van der Waals surface area contributed by atoms with Gasteiger partial charge in [-0.25, -0.2) is 0 Å². The SMILES string of the molecule is COc1cccc(CC2CC3(CCN(C(=O)C(C)(C)N)CC3)CO2)c1. The number of piperidine rings is 1. The summed E-state index contributed by atoms with van der Waals surface area (Å²) >= 11 is 0. The van der Waals surface area contributed by atoms with Gasteiger partial charge in [0.05, 0.1) is 25.4 Å². The highest BCUT2D eigenvalue weighted by atomic mass is 16.5. The number of rotatable bonds is 4. The number of nitrogens with zero attached hydrogens (tertiary/aromatic N) is 1. The van der Waals surface area contributed by atoms with Gasteiger partial charge in [0.15, 0.2) is 0 Å². The molecule has 1 aromatic carbocycles. The van der Waals surface area contributed by atoms with Gasteiger partial charge in [0, 0.05) is 13.1 Å². The first-order chi connectivity index (χ1) is 11.8. The van der Waals surface area contributed by atoms with Crippen molar-refractivity contribution in [1.29, 1.82) is 0 Å². The van der Waals surface area contributed by atoms with Gasteiger partial charge < -0.3 is 20.1 Å². The third-order valence-electron chi connectivity index (χ3n) is 5.55. The molecular formula is C20H30N2O3. The van der Waals surface area contributed by atoms with Crippen molar-refractivity contribution >= 4 is 5.91 Å². The van der Waals surface area contributed by atoms with Gasteiger partial charge in [-0.05, 0) is 62.6 Å². The average Bonchev–Trinajstić information content (AvgIpc) is 2.96. The number of carbonyl (C=O) groups excluding carboxylic acids is 1. The lowest BCUT2D eigenvalue weighted by Gasteiger charge is -2.40. The van der Waals surface area contributed by atoms with Crippen LogP contribution in [-0.4, -0.2) is 49.3 Å². The Morgan fingerprint density at radius 1 is 1.40 bits per heavy atom. The standard InChI is InChI=1S/C20H30N2O3/c1-19(2,21)18(23)22-9-7-20(8-10-22)13-17(25-14-20)12-15-5-4-6-16(11-15)24-3/h4-6,11,17H,7-10,12-14,21H2,1-3H3. The van der Waals surface area contributed by atoms with Crippen LogP contribution in [0.1, 0.15) is 38.7 Å². The molecule has 138 valence electrons. The maximum absolute atomic E-state index is 12.3. The summed E-state index contributed by atoms with van der Waals surface area (Å²) in [4.78, 5) is 14.3. The van der Waals surface area contributed by atoms with Gasteiger partial charge in [-0.2, -0.15) is 0 Å². The molecule has 5 nitrogen and oxygen atoms in total. The minimum absolute atomic E-state index is 0.0502. The second-order valence-corrected chi connectivity index (χ2v) is 8.21. The van der Waals surface area contributed by atoms with Gasteiger partial charge in [-0.1, -0.05) is 12.1 Å². The molecule has 0 saturated carbocycles. The van der Waals surface area contributed by atoms with E-state index in [9.17, 15) is 4.79 Å². The number of hydrogen-bond donors (Lipinski definition) is 1. The molecule has 1 spiro atoms. The van der Waals surface area contributed by atoms with Crippen molar-refractivity contribution in [1.82, 2.24) is 4.90 Å². The fraction of sp³-hybridized carbons (Fsp3) is 0.650. The first-order valence-electron chi connectivity index (χ1n) is 9.14. The van der Waals surface area contributed by atoms with Crippen LogP contribution < -0.4 is 10.5 Å². The van der Waals surface area contributed by atoms with Crippen molar-refractivity contribution in [2.24, 2.45) is 11.1 Å². The second-order valence-electron chi connectivity index (χ2n) is 8.21. The smallest absolute Gasteiger partial charge is 0.242 e. The molecule has 3 rings (SSSR count). The third-order valence-corrected chi connectivity index (χ3v) is 5.55. The highest BCUT2D eigenvalue weighted by Crippen LogP contribution is 2.43. The molecule has 0 bridgehead atoms. The molecule has 2 aliphatic rings. The lowest BCUT2D eigenvalue weighted by atomic mass is 9.76. The molecule has 2 N–H and O–H groups in total. The quantitative estimate of drug-likeness (QED) is 0.909. The van der Waals surface area contributed by atoms with Crippen molar-refractivity contribution in [2.45, 2.75) is 51.2 Å². The summed E-state index contributed by atoms with van der Waals surface area (Å²) in [6.45, 7) is 5.93. The van der Waals surface area contributed by atoms with Crippen LogP contribution in [0, 0.1) is 5.41 Å². The van der Waals surface area contributed by atoms with E-state index >= 15 is 0 Å². The third kappa shape index (κ3) is 4.15. The van der Waals surface area contributed by atoms with Gasteiger partial charge in [-0.3, -0.25) is 4.79 Å². The molecule has 5 heteroatoms. The van der Waals surface area contributed by atoms with Crippen molar-refractivity contribution in [3.63, 3.8) is 0 Å². The molecule has 0 aromatic heterocycles. The molecule has 0 aliphatic carbocycles. The van der Waals surface area contributed by atoms with Gasteiger partial charge >= 0.3 is 0 Å². The van der Waals surface area contributed by atoms with Crippen LogP contribution in [0.15, 0.2) is 24.3 Å². The Morgan fingerprint density at radius 2 is 2.12 bits per heavy atom. The first kappa shape index (κ1) is 18.2. The Labute approximate surface area is 150 Å². The molecule has 1 atom stereocenters. The highest BCUT2D eigenvalue weighted by Gasteiger charge is 2.44. The molecule has 1 unspecified atom stereocenters. The Hall–Kier alpha value is -1.59. The summed E-state index contributed by atoms with van der Waals surface area (Å²) < 4.78 is 11.4. The summed E-state index contributed by atoms with van der Waals surface area (Å²) in [5.41, 5.74) is 6.64. The monoisotopic (exact) mass is 346 g/mol. The van der Waals surface area contributed by atoms with Crippen molar-refractivity contribution < 1.29 is 14.3 Å². The van der Waals surface area contributed by atoms with Gasteiger partial charge in [0.25, 0.3) is 0 Å². The van der Waals surface area contributed by atoms with E-state index in [2.05, 4.69) is 12.1 Å². The fourth-order valence-corrected chi connectivity index (χ4v) is 4.03. The van der Waals surface area contributed by atoms with Crippen molar-refractivity contribution in [3.8, 4) is 5.75 Å². The normalized spacial score (nSPS) is 23.0. The Bertz CT molecular complexity index is 616. The molecule has 1 amide bonds. The number of amides is 1. The number of benzene rings is 1. The minimum Gasteiger partial charge on any atom is -0.497 e. The molecule has 2 saturated heterocycles. The Balaban J connectivity index is 1.55. The van der Waals surface area contributed by atoms with Gasteiger partial charge in [0.1, 0.15) is 5.75 Å². The van der Waals surface area contributed by atoms with Crippen LogP contribution in [0.4, 0.5) is 0 Å². The fourth-order valence-electron chi connectivity index (χ4n) is 4.03. The van der Waals surface area contributed by atoms with E-state index < -0.39 is 5.54 Å². The van der Waals surface area contributed by atoms with Crippen LogP contribution >= 0.6 is 0 Å². The molecule has 25 heavy (non-hydrogen) atoms. The zero-order valence-corrected chi connectivity index (χ0v) is 15.6. The topological polar surface area (TPSA) is 64.8 Å². The number of methoxy groups -OCH3 is 1. The average molecular weight is 346 g/mol. The maximum atomic E-state index is 12.3. The molecule has 0 radical (unpaired) electrons. The largest absolute Gasteiger partial charge is 0.497 e. The van der Waals surface area contributed by atoms with E-state index in [0.717, 1.165) is 51.1 Å². The van der Waals surface area contributed by atoms with Crippen LogP contribution in [0.3, 0.4) is 0 Å². The summed E-state index contributed by atoms with van der Waals surface area (Å²) in [5, 5.41) is 0. The van der Waals surface area contributed by atoms with Gasteiger partial charge in [-0.15, -0.1) is 0 Å². The summed E-state index contributed by atoms with van der Waals surface area (Å²) in [5.74, 6) is 0.940. The minimum atomic E-state index is -0.786.